The molecule has 0 aromatic rings. The highest BCUT2D eigenvalue weighted by Crippen LogP contribution is 2.27. The third-order valence-electron chi connectivity index (χ3n) is 5.04. The minimum atomic E-state index is 0.0896. The quantitative estimate of drug-likeness (QED) is 0.619. The predicted molar refractivity (Wildman–Crippen MR) is 107 cm³/mol. The molecule has 0 aromatic carbocycles. The van der Waals surface area contributed by atoms with Crippen molar-refractivity contribution in [2.75, 3.05) is 26.2 Å². The summed E-state index contributed by atoms with van der Waals surface area (Å²) < 4.78 is 0. The molecule has 6 heteroatoms. The van der Waals surface area contributed by atoms with Gasteiger partial charge in [0.15, 0.2) is 0 Å². The Hall–Kier alpha value is -1.14. The summed E-state index contributed by atoms with van der Waals surface area (Å²) in [4.78, 5) is 29.2. The number of hydrogen-bond acceptors (Lipinski definition) is 4. The Morgan fingerprint density at radius 3 is 1.42 bits per heavy atom. The summed E-state index contributed by atoms with van der Waals surface area (Å²) in [7, 11) is 0. The lowest BCUT2D eigenvalue weighted by molar-refractivity contribution is -0.126. The van der Waals surface area contributed by atoms with Crippen molar-refractivity contribution in [3.63, 3.8) is 0 Å². The van der Waals surface area contributed by atoms with Crippen LogP contribution in [0.3, 0.4) is 0 Å². The molecule has 152 valence electrons. The first-order valence-electron chi connectivity index (χ1n) is 10.3. The third kappa shape index (κ3) is 7.62. The fourth-order valence-corrected chi connectivity index (χ4v) is 3.97. The molecule has 0 aliphatic heterocycles. The molecule has 0 saturated heterocycles. The second-order valence-electron chi connectivity index (χ2n) is 7.99. The zero-order valence-corrected chi connectivity index (χ0v) is 17.7. The van der Waals surface area contributed by atoms with Crippen LogP contribution >= 0.6 is 0 Å². The molecule has 2 amide bonds. The lowest BCUT2D eigenvalue weighted by atomic mass is 9.87. The number of amides is 2. The number of carbonyl (C=O) groups is 2. The summed E-state index contributed by atoms with van der Waals surface area (Å²) in [6, 6.07) is 0.988. The van der Waals surface area contributed by atoms with Gasteiger partial charge in [0.05, 0.1) is 13.1 Å². The van der Waals surface area contributed by atoms with Crippen LogP contribution in [0.15, 0.2) is 0 Å². The summed E-state index contributed by atoms with van der Waals surface area (Å²) in [6.45, 7) is 14.8. The van der Waals surface area contributed by atoms with Gasteiger partial charge in [-0.25, -0.2) is 0 Å². The van der Waals surface area contributed by atoms with Gasteiger partial charge in [0, 0.05) is 24.2 Å². The molecule has 2 atom stereocenters. The molecular formula is C20H40N4O2. The van der Waals surface area contributed by atoms with Crippen molar-refractivity contribution in [1.82, 2.24) is 20.4 Å². The van der Waals surface area contributed by atoms with E-state index >= 15 is 0 Å². The SMILES string of the molecule is CCN(CC(=O)NC(C)C)[C@H]1CCCC[C@@H]1N(CC)CC(=O)NC(C)C. The number of nitrogens with zero attached hydrogens (tertiary/aromatic N) is 2. The number of rotatable bonds is 10. The maximum absolute atomic E-state index is 12.3. The number of carbonyl (C=O) groups excluding carboxylic acids is 2. The van der Waals surface area contributed by atoms with Crippen molar-refractivity contribution in [2.24, 2.45) is 0 Å². The summed E-state index contributed by atoms with van der Waals surface area (Å²) in [6.07, 6.45) is 4.57. The monoisotopic (exact) mass is 368 g/mol. The van der Waals surface area contributed by atoms with Gasteiger partial charge in [-0.05, 0) is 53.6 Å². The van der Waals surface area contributed by atoms with E-state index in [0.29, 0.717) is 25.2 Å². The van der Waals surface area contributed by atoms with Crippen LogP contribution in [-0.4, -0.2) is 72.0 Å². The standard InChI is InChI=1S/C20H40N4O2/c1-7-23(13-19(25)21-15(3)4)17-11-9-10-12-18(17)24(8-2)14-20(26)22-16(5)6/h15-18H,7-14H2,1-6H3,(H,21,25)(H,22,26)/t17-,18-/m0/s1. The summed E-state index contributed by atoms with van der Waals surface area (Å²) in [5.41, 5.74) is 0. The van der Waals surface area contributed by atoms with Crippen LogP contribution in [0.2, 0.25) is 0 Å². The highest BCUT2D eigenvalue weighted by Gasteiger charge is 2.34. The Balaban J connectivity index is 2.81. The normalized spacial score (nSPS) is 20.8. The lowest BCUT2D eigenvalue weighted by Gasteiger charge is -2.44. The highest BCUT2D eigenvalue weighted by molar-refractivity contribution is 5.78. The van der Waals surface area contributed by atoms with Gasteiger partial charge in [-0.3, -0.25) is 19.4 Å². The maximum atomic E-state index is 12.3. The summed E-state index contributed by atoms with van der Waals surface area (Å²) in [5, 5.41) is 6.00. The van der Waals surface area contributed by atoms with E-state index in [9.17, 15) is 9.59 Å². The number of likely N-dealkylation sites (N-methyl/N-ethyl adjacent to an activating group) is 2. The van der Waals surface area contributed by atoms with Crippen LogP contribution in [0.5, 0.6) is 0 Å². The minimum Gasteiger partial charge on any atom is -0.353 e. The van der Waals surface area contributed by atoms with Gasteiger partial charge >= 0.3 is 0 Å². The highest BCUT2D eigenvalue weighted by atomic mass is 16.2. The van der Waals surface area contributed by atoms with Crippen molar-refractivity contribution in [3.8, 4) is 0 Å². The molecule has 0 bridgehead atoms. The lowest BCUT2D eigenvalue weighted by Crippen LogP contribution is -2.57. The average molecular weight is 369 g/mol. The molecule has 6 nitrogen and oxygen atoms in total. The van der Waals surface area contributed by atoms with Gasteiger partial charge in [0.1, 0.15) is 0 Å². The second kappa shape index (κ2) is 11.5. The summed E-state index contributed by atoms with van der Waals surface area (Å²) >= 11 is 0. The van der Waals surface area contributed by atoms with E-state index in [1.54, 1.807) is 0 Å². The first-order chi connectivity index (χ1) is 12.3. The predicted octanol–water partition coefficient (Wildman–Crippen LogP) is 1.99. The molecule has 1 rings (SSSR count). The molecule has 0 heterocycles. The van der Waals surface area contributed by atoms with E-state index in [1.807, 2.05) is 27.7 Å². The maximum Gasteiger partial charge on any atom is 0.234 e. The van der Waals surface area contributed by atoms with Crippen molar-refractivity contribution in [3.05, 3.63) is 0 Å². The molecule has 0 radical (unpaired) electrons. The molecule has 1 aliphatic carbocycles. The Morgan fingerprint density at radius 2 is 1.15 bits per heavy atom. The van der Waals surface area contributed by atoms with Crippen molar-refractivity contribution in [1.29, 1.82) is 0 Å². The molecule has 1 saturated carbocycles. The Labute approximate surface area is 160 Å². The van der Waals surface area contributed by atoms with Gasteiger partial charge < -0.3 is 10.6 Å². The van der Waals surface area contributed by atoms with Crippen LogP contribution < -0.4 is 10.6 Å². The van der Waals surface area contributed by atoms with E-state index in [2.05, 4.69) is 34.3 Å². The van der Waals surface area contributed by atoms with E-state index in [1.165, 1.54) is 12.8 Å². The molecule has 0 aromatic heterocycles. The minimum absolute atomic E-state index is 0.0896. The van der Waals surface area contributed by atoms with Crippen LogP contribution in [0.25, 0.3) is 0 Å². The van der Waals surface area contributed by atoms with E-state index < -0.39 is 0 Å². The first kappa shape index (κ1) is 22.9. The molecule has 2 N–H and O–H groups in total. The zero-order valence-electron chi connectivity index (χ0n) is 17.7. The Morgan fingerprint density at radius 1 is 0.808 bits per heavy atom. The van der Waals surface area contributed by atoms with Gasteiger partial charge in [-0.15, -0.1) is 0 Å². The van der Waals surface area contributed by atoms with Crippen LogP contribution in [-0.2, 0) is 9.59 Å². The number of nitrogens with one attached hydrogen (secondary N) is 2. The second-order valence-corrected chi connectivity index (χ2v) is 7.99. The van der Waals surface area contributed by atoms with Gasteiger partial charge in [-0.2, -0.15) is 0 Å². The van der Waals surface area contributed by atoms with E-state index in [-0.39, 0.29) is 23.9 Å². The van der Waals surface area contributed by atoms with Gasteiger partial charge in [0.2, 0.25) is 11.8 Å². The Bertz CT molecular complexity index is 400. The first-order valence-corrected chi connectivity index (χ1v) is 10.3. The Kier molecular flexibility index (Phi) is 10.2. The topological polar surface area (TPSA) is 64.7 Å². The zero-order chi connectivity index (χ0) is 19.7. The fraction of sp³-hybridized carbons (Fsp3) is 0.900. The van der Waals surface area contributed by atoms with Crippen molar-refractivity contribution >= 4 is 11.8 Å². The fourth-order valence-electron chi connectivity index (χ4n) is 3.97. The summed E-state index contributed by atoms with van der Waals surface area (Å²) in [5.74, 6) is 0.179. The van der Waals surface area contributed by atoms with Crippen LogP contribution in [0.1, 0.15) is 67.2 Å². The smallest absolute Gasteiger partial charge is 0.234 e. The average Bonchev–Trinajstić information content (AvgIpc) is 2.56. The van der Waals surface area contributed by atoms with Gasteiger partial charge in [-0.1, -0.05) is 26.7 Å². The van der Waals surface area contributed by atoms with Gasteiger partial charge in [0.25, 0.3) is 0 Å². The molecular weight excluding hydrogens is 328 g/mol. The van der Waals surface area contributed by atoms with Crippen LogP contribution in [0, 0.1) is 0 Å². The largest absolute Gasteiger partial charge is 0.353 e. The van der Waals surface area contributed by atoms with Crippen LogP contribution in [0.4, 0.5) is 0 Å². The molecule has 0 spiro atoms. The molecule has 0 unspecified atom stereocenters. The molecule has 1 fully saturated rings. The third-order valence-corrected chi connectivity index (χ3v) is 5.04. The molecule has 26 heavy (non-hydrogen) atoms. The van der Waals surface area contributed by atoms with Crippen molar-refractivity contribution < 1.29 is 9.59 Å². The van der Waals surface area contributed by atoms with E-state index in [4.69, 9.17) is 0 Å². The van der Waals surface area contributed by atoms with E-state index in [0.717, 1.165) is 25.9 Å². The number of hydrogen-bond donors (Lipinski definition) is 2. The van der Waals surface area contributed by atoms with Crippen molar-refractivity contribution in [2.45, 2.75) is 91.4 Å². The molecule has 1 aliphatic rings.